The highest BCUT2D eigenvalue weighted by Crippen LogP contribution is 2.33. The van der Waals surface area contributed by atoms with Crippen LogP contribution in [0.15, 0.2) is 36.4 Å². The van der Waals surface area contributed by atoms with E-state index in [0.29, 0.717) is 6.54 Å². The van der Waals surface area contributed by atoms with Crippen LogP contribution in [-0.2, 0) is 24.3 Å². The van der Waals surface area contributed by atoms with Crippen LogP contribution in [0.3, 0.4) is 0 Å². The minimum Gasteiger partial charge on any atom is -0.493 e. The van der Waals surface area contributed by atoms with Crippen molar-refractivity contribution in [2.75, 3.05) is 32.6 Å². The van der Waals surface area contributed by atoms with Gasteiger partial charge in [0.15, 0.2) is 11.5 Å². The van der Waals surface area contributed by atoms with Gasteiger partial charge in [-0.3, -0.25) is 9.69 Å². The molecule has 0 spiro atoms. The number of carbonyl (C=O) groups excluding carboxylic acids is 1. The number of amides is 1. The van der Waals surface area contributed by atoms with Crippen molar-refractivity contribution >= 4 is 11.6 Å². The molecule has 2 aromatic carbocycles. The zero-order valence-corrected chi connectivity index (χ0v) is 16.8. The summed E-state index contributed by atoms with van der Waals surface area (Å²) in [6.45, 7) is 4.71. The third kappa shape index (κ3) is 4.46. The lowest BCUT2D eigenvalue weighted by molar-refractivity contribution is -0.119. The second-order valence-electron chi connectivity index (χ2n) is 7.22. The predicted molar refractivity (Wildman–Crippen MR) is 111 cm³/mol. The number of nitrogens with one attached hydrogen (secondary N) is 1. The van der Waals surface area contributed by atoms with E-state index in [0.717, 1.165) is 48.8 Å². The van der Waals surface area contributed by atoms with Crippen LogP contribution in [0.4, 0.5) is 5.69 Å². The number of ether oxygens (including phenoxy) is 2. The highest BCUT2D eigenvalue weighted by Gasteiger charge is 2.21. The van der Waals surface area contributed by atoms with Gasteiger partial charge in [0.1, 0.15) is 0 Å². The van der Waals surface area contributed by atoms with E-state index in [1.54, 1.807) is 14.2 Å². The number of hydrogen-bond donors (Lipinski definition) is 2. The van der Waals surface area contributed by atoms with E-state index >= 15 is 0 Å². The molecule has 1 amide bonds. The van der Waals surface area contributed by atoms with Gasteiger partial charge in [0, 0.05) is 37.8 Å². The van der Waals surface area contributed by atoms with Crippen LogP contribution in [0.25, 0.3) is 0 Å². The van der Waals surface area contributed by atoms with Crippen LogP contribution in [0.5, 0.6) is 11.5 Å². The molecule has 2 aromatic rings. The first kappa shape index (κ1) is 20.2. The first-order chi connectivity index (χ1) is 13.5. The summed E-state index contributed by atoms with van der Waals surface area (Å²) < 4.78 is 10.9. The van der Waals surface area contributed by atoms with Gasteiger partial charge in [0.25, 0.3) is 0 Å². The summed E-state index contributed by atoms with van der Waals surface area (Å²) in [4.78, 5) is 14.6. The van der Waals surface area contributed by atoms with E-state index in [9.17, 15) is 4.79 Å². The summed E-state index contributed by atoms with van der Waals surface area (Å²) in [5.41, 5.74) is 10.1. The monoisotopic (exact) mass is 383 g/mol. The number of hydrogen-bond acceptors (Lipinski definition) is 5. The number of benzene rings is 2. The molecule has 150 valence electrons. The normalized spacial score (nSPS) is 14.9. The number of nitrogens with zero attached hydrogens (tertiary/aromatic N) is 1. The largest absolute Gasteiger partial charge is 0.493 e. The number of fused-ring (bicyclic) bond motifs is 1. The van der Waals surface area contributed by atoms with Crippen molar-refractivity contribution in [3.8, 4) is 11.5 Å². The molecular weight excluding hydrogens is 354 g/mol. The Morgan fingerprint density at radius 3 is 2.54 bits per heavy atom. The molecule has 0 saturated heterocycles. The molecule has 6 heteroatoms. The molecule has 0 aliphatic carbocycles. The second-order valence-corrected chi connectivity index (χ2v) is 7.22. The van der Waals surface area contributed by atoms with Crippen molar-refractivity contribution in [3.63, 3.8) is 0 Å². The van der Waals surface area contributed by atoms with Crippen LogP contribution in [0.2, 0.25) is 0 Å². The molecule has 0 saturated carbocycles. The van der Waals surface area contributed by atoms with Gasteiger partial charge in [-0.25, -0.2) is 0 Å². The molecule has 3 N–H and O–H groups in total. The van der Waals surface area contributed by atoms with Crippen molar-refractivity contribution in [1.29, 1.82) is 0 Å². The summed E-state index contributed by atoms with van der Waals surface area (Å²) >= 11 is 0. The first-order valence-electron chi connectivity index (χ1n) is 9.60. The van der Waals surface area contributed by atoms with Crippen LogP contribution >= 0.6 is 0 Å². The molecule has 28 heavy (non-hydrogen) atoms. The minimum atomic E-state index is -0.211. The molecule has 0 bridgehead atoms. The third-order valence-electron chi connectivity index (χ3n) is 5.27. The van der Waals surface area contributed by atoms with Crippen LogP contribution in [-0.4, -0.2) is 38.1 Å². The van der Waals surface area contributed by atoms with Gasteiger partial charge in [-0.1, -0.05) is 25.1 Å². The smallest absolute Gasteiger partial charge is 0.228 e. The maximum atomic E-state index is 12.3. The summed E-state index contributed by atoms with van der Waals surface area (Å²) in [6, 6.07) is 12.1. The average molecular weight is 383 g/mol. The standard InChI is InChI=1S/C22H29N3O3/c1-15(12-23)22(26)24-19-7-5-4-6-17(19)13-25-9-8-16-10-20(27-2)21(28-3)11-18(16)14-25/h4-7,10-11,15H,8-9,12-14,23H2,1-3H3,(H,24,26). The Bertz CT molecular complexity index is 838. The van der Waals surface area contributed by atoms with Crippen molar-refractivity contribution in [1.82, 2.24) is 4.90 Å². The van der Waals surface area contributed by atoms with Crippen LogP contribution in [0.1, 0.15) is 23.6 Å². The van der Waals surface area contributed by atoms with Gasteiger partial charge in [0.2, 0.25) is 5.91 Å². The van der Waals surface area contributed by atoms with Crippen molar-refractivity contribution < 1.29 is 14.3 Å². The summed E-state index contributed by atoms with van der Waals surface area (Å²) in [5.74, 6) is 1.27. The lowest BCUT2D eigenvalue weighted by Crippen LogP contribution is -2.31. The third-order valence-corrected chi connectivity index (χ3v) is 5.27. The molecule has 3 rings (SSSR count). The lowest BCUT2D eigenvalue weighted by atomic mass is 9.98. The van der Waals surface area contributed by atoms with Gasteiger partial charge in [0.05, 0.1) is 14.2 Å². The van der Waals surface area contributed by atoms with E-state index < -0.39 is 0 Å². The maximum Gasteiger partial charge on any atom is 0.228 e. The van der Waals surface area contributed by atoms with E-state index in [1.807, 2.05) is 25.1 Å². The molecule has 0 fully saturated rings. The zero-order chi connectivity index (χ0) is 20.1. The summed E-state index contributed by atoms with van der Waals surface area (Å²) in [7, 11) is 3.32. The number of anilines is 1. The van der Waals surface area contributed by atoms with Gasteiger partial charge < -0.3 is 20.5 Å². The van der Waals surface area contributed by atoms with Gasteiger partial charge in [-0.2, -0.15) is 0 Å². The molecule has 1 aliphatic heterocycles. The molecule has 1 unspecified atom stereocenters. The maximum absolute atomic E-state index is 12.3. The summed E-state index contributed by atoms with van der Waals surface area (Å²) in [5, 5.41) is 3.02. The van der Waals surface area contributed by atoms with Gasteiger partial charge >= 0.3 is 0 Å². The highest BCUT2D eigenvalue weighted by molar-refractivity contribution is 5.93. The molecule has 1 heterocycles. The fraction of sp³-hybridized carbons (Fsp3) is 0.409. The number of carbonyl (C=O) groups is 1. The minimum absolute atomic E-state index is 0.0456. The Hall–Kier alpha value is -2.57. The first-order valence-corrected chi connectivity index (χ1v) is 9.60. The molecular formula is C22H29N3O3. The topological polar surface area (TPSA) is 76.8 Å². The fourth-order valence-electron chi connectivity index (χ4n) is 3.46. The van der Waals surface area contributed by atoms with E-state index in [4.69, 9.17) is 15.2 Å². The van der Waals surface area contributed by atoms with Gasteiger partial charge in [-0.05, 0) is 41.3 Å². The number of methoxy groups -OCH3 is 2. The number of nitrogens with two attached hydrogens (primary N) is 1. The molecule has 0 aromatic heterocycles. The number of rotatable bonds is 7. The predicted octanol–water partition coefficient (Wildman–Crippen LogP) is 2.80. The van der Waals surface area contributed by atoms with Crippen molar-refractivity contribution in [3.05, 3.63) is 53.1 Å². The fourth-order valence-corrected chi connectivity index (χ4v) is 3.46. The van der Waals surface area contributed by atoms with Crippen LogP contribution in [0, 0.1) is 5.92 Å². The van der Waals surface area contributed by atoms with Crippen LogP contribution < -0.4 is 20.5 Å². The molecule has 6 nitrogen and oxygen atoms in total. The molecule has 1 atom stereocenters. The van der Waals surface area contributed by atoms with Crippen molar-refractivity contribution in [2.24, 2.45) is 11.7 Å². The lowest BCUT2D eigenvalue weighted by Gasteiger charge is -2.30. The molecule has 0 radical (unpaired) electrons. The van der Waals surface area contributed by atoms with E-state index in [2.05, 4.69) is 28.4 Å². The van der Waals surface area contributed by atoms with Gasteiger partial charge in [-0.15, -0.1) is 0 Å². The Labute approximate surface area is 166 Å². The van der Waals surface area contributed by atoms with E-state index in [-0.39, 0.29) is 11.8 Å². The van der Waals surface area contributed by atoms with E-state index in [1.165, 1.54) is 11.1 Å². The highest BCUT2D eigenvalue weighted by atomic mass is 16.5. The second kappa shape index (κ2) is 9.08. The Kier molecular flexibility index (Phi) is 6.54. The van der Waals surface area contributed by atoms with Crippen molar-refractivity contribution in [2.45, 2.75) is 26.4 Å². The quantitative estimate of drug-likeness (QED) is 0.769. The Balaban J connectivity index is 1.75. The summed E-state index contributed by atoms with van der Waals surface area (Å²) in [6.07, 6.45) is 0.953. The number of para-hydroxylation sites is 1. The Morgan fingerprint density at radius 1 is 1.18 bits per heavy atom. The average Bonchev–Trinajstić information content (AvgIpc) is 2.73. The Morgan fingerprint density at radius 2 is 1.86 bits per heavy atom. The molecule has 1 aliphatic rings. The SMILES string of the molecule is COc1cc2c(cc1OC)CN(Cc1ccccc1NC(=O)C(C)CN)CC2. The zero-order valence-electron chi connectivity index (χ0n) is 16.8.